The van der Waals surface area contributed by atoms with Gasteiger partial charge in [-0.1, -0.05) is 12.1 Å². The number of nitro groups is 2. The van der Waals surface area contributed by atoms with Gasteiger partial charge in [-0.15, -0.1) is 0 Å². The quantitative estimate of drug-likeness (QED) is 0.188. The summed E-state index contributed by atoms with van der Waals surface area (Å²) < 4.78 is 61.1. The zero-order valence-electron chi connectivity index (χ0n) is 12.2. The van der Waals surface area contributed by atoms with Crippen LogP contribution in [-0.2, 0) is 0 Å². The standard InChI is InChI=1S/C12H8IN2O4.AsF6/c16-14(17)11-5-1-3-9(7-11)13-10-4-2-6-12(8-10)15(18)19;2-1(3,4,5,6)7/h1-8H;/q+1;-1. The molecule has 0 spiro atoms. The first-order valence-electron chi connectivity index (χ1n) is 6.21. The second-order valence-corrected chi connectivity index (χ2v) is 11.6. The molecule has 0 saturated heterocycles. The van der Waals surface area contributed by atoms with Crippen molar-refractivity contribution >= 4 is 25.5 Å². The Morgan fingerprint density at radius 1 is 0.731 bits per heavy atom. The molecule has 0 atom stereocenters. The van der Waals surface area contributed by atoms with Gasteiger partial charge in [0.2, 0.25) is 7.14 Å². The molecule has 0 amide bonds. The Morgan fingerprint density at radius 3 is 1.31 bits per heavy atom. The molecule has 0 aliphatic carbocycles. The smallest absolute Gasteiger partial charge is 0.258 e. The van der Waals surface area contributed by atoms with Crippen LogP contribution in [0, 0.1) is 27.4 Å². The van der Waals surface area contributed by atoms with Crippen LogP contribution in [0.5, 0.6) is 0 Å². The zero-order chi connectivity index (χ0) is 20.2. The van der Waals surface area contributed by atoms with Crippen LogP contribution in [0.2, 0.25) is 0 Å². The molecule has 144 valence electrons. The predicted octanol–water partition coefficient (Wildman–Crippen LogP) is 1.77. The van der Waals surface area contributed by atoms with E-state index in [9.17, 15) is 41.0 Å². The Hall–Kier alpha value is -1.89. The number of nitrogens with zero attached hydrogens (tertiary/aromatic N) is 2. The molecule has 0 aliphatic heterocycles. The number of rotatable bonds is 4. The molecule has 0 aromatic heterocycles. The summed E-state index contributed by atoms with van der Waals surface area (Å²) in [5.41, 5.74) is 0.0882. The third-order valence-electron chi connectivity index (χ3n) is 2.26. The minimum Gasteiger partial charge on any atom is -0.258 e. The van der Waals surface area contributed by atoms with Crippen molar-refractivity contribution in [3.05, 3.63) is 75.9 Å². The molecular weight excluding hydrogens is 552 g/mol. The molecule has 2 aromatic rings. The fraction of sp³-hybridized carbons (Fsp3) is 0. The zero-order valence-corrected chi connectivity index (χ0v) is 16.3. The van der Waals surface area contributed by atoms with Crippen molar-refractivity contribution < 1.29 is 51.9 Å². The van der Waals surface area contributed by atoms with Crippen LogP contribution in [0.15, 0.2) is 48.5 Å². The van der Waals surface area contributed by atoms with E-state index in [0.717, 1.165) is 7.14 Å². The monoisotopic (exact) mass is 560 g/mol. The first-order valence-corrected chi connectivity index (χ1v) is 12.6. The molecule has 2 rings (SSSR count). The molecule has 0 fully saturated rings. The van der Waals surface area contributed by atoms with Crippen LogP contribution in [-0.4, -0.2) is 24.0 Å². The summed E-state index contributed by atoms with van der Waals surface area (Å²) in [5, 5.41) is 21.4. The van der Waals surface area contributed by atoms with Crippen molar-refractivity contribution in [2.24, 2.45) is 0 Å². The summed E-state index contributed by atoms with van der Waals surface area (Å²) in [4.78, 5) is 20.5. The van der Waals surface area contributed by atoms with E-state index in [4.69, 9.17) is 0 Å². The molecule has 14 heteroatoms. The summed E-state index contributed by atoms with van der Waals surface area (Å²) in [6, 6.07) is 12.8. The normalized spacial score (nSPS) is 13.6. The number of hydrogen-bond acceptors (Lipinski definition) is 4. The maximum Gasteiger partial charge on any atom is 0.358 e. The topological polar surface area (TPSA) is 86.3 Å². The van der Waals surface area contributed by atoms with Gasteiger partial charge in [-0.2, -0.15) is 0 Å². The Bertz CT molecular complexity index is 780. The number of non-ortho nitro benzene ring substituents is 2. The Labute approximate surface area is 153 Å². The molecule has 0 radical (unpaired) electrons. The van der Waals surface area contributed by atoms with E-state index in [1.807, 2.05) is 0 Å². The summed E-state index contributed by atoms with van der Waals surface area (Å²) in [7, 11) is 0. The largest absolute Gasteiger partial charge is 0.358 e. The van der Waals surface area contributed by atoms with Crippen molar-refractivity contribution in [3.63, 3.8) is 0 Å². The number of benzene rings is 2. The van der Waals surface area contributed by atoms with Gasteiger partial charge in [0.15, 0.2) is 0 Å². The first-order chi connectivity index (χ1) is 11.5. The molecule has 0 bridgehead atoms. The predicted molar refractivity (Wildman–Crippen MR) is 76.0 cm³/mol. The molecule has 26 heavy (non-hydrogen) atoms. The van der Waals surface area contributed by atoms with E-state index in [0.29, 0.717) is 0 Å². The summed E-state index contributed by atoms with van der Waals surface area (Å²) in [6.07, 6.45) is 0. The van der Waals surface area contributed by atoms with Crippen molar-refractivity contribution in [2.75, 3.05) is 0 Å². The van der Waals surface area contributed by atoms with Gasteiger partial charge in [-0.25, -0.2) is 0 Å². The Balaban J connectivity index is 0.000000412. The third kappa shape index (κ3) is 10.9. The molecule has 0 heterocycles. The number of nitro benzene ring substituents is 2. The van der Waals surface area contributed by atoms with E-state index in [2.05, 4.69) is 0 Å². The van der Waals surface area contributed by atoms with Crippen molar-refractivity contribution in [1.82, 2.24) is 0 Å². The average Bonchev–Trinajstić information content (AvgIpc) is 2.44. The maximum absolute atomic E-state index is 11.1. The third-order valence-corrected chi connectivity index (χ3v) is 4.84. The van der Waals surface area contributed by atoms with Gasteiger partial charge < -0.3 is 0 Å². The van der Waals surface area contributed by atoms with E-state index in [1.165, 1.54) is 24.3 Å². The maximum atomic E-state index is 10.7. The van der Waals surface area contributed by atoms with Crippen molar-refractivity contribution in [3.8, 4) is 0 Å². The van der Waals surface area contributed by atoms with Gasteiger partial charge in [0.25, 0.3) is 11.4 Å². The van der Waals surface area contributed by atoms with Crippen molar-refractivity contribution in [2.45, 2.75) is 0 Å². The molecule has 6 nitrogen and oxygen atoms in total. The van der Waals surface area contributed by atoms with Crippen LogP contribution in [0.25, 0.3) is 0 Å². The van der Waals surface area contributed by atoms with Crippen LogP contribution >= 0.6 is 0 Å². The van der Waals surface area contributed by atoms with E-state index < -0.39 is 45.2 Å². The van der Waals surface area contributed by atoms with Gasteiger partial charge in [-0.3, -0.25) is 20.2 Å². The van der Waals surface area contributed by atoms with Crippen LogP contribution < -0.4 is 21.2 Å². The SMILES string of the molecule is F[As-](F)(F)(F)(F)F.O=[N+]([O-])c1cccc([I+]c2cccc([N+](=O)[O-])c2)c1. The van der Waals surface area contributed by atoms with E-state index in [1.54, 1.807) is 24.3 Å². The van der Waals surface area contributed by atoms with Gasteiger partial charge in [0, 0.05) is 12.1 Å². The Kier molecular flexibility index (Phi) is 5.98. The summed E-state index contributed by atoms with van der Waals surface area (Å²) >= 11 is -11.7. The van der Waals surface area contributed by atoms with Gasteiger partial charge in [0.1, 0.15) is 0 Å². The molecule has 0 unspecified atom stereocenters. The van der Waals surface area contributed by atoms with Crippen LogP contribution in [0.3, 0.4) is 0 Å². The fourth-order valence-corrected chi connectivity index (χ4v) is 3.87. The molecular formula is C12H8AsF6IN2O4. The summed E-state index contributed by atoms with van der Waals surface area (Å²) in [6.45, 7) is 0. The summed E-state index contributed by atoms with van der Waals surface area (Å²) in [5.74, 6) is 0. The Morgan fingerprint density at radius 2 is 1.04 bits per heavy atom. The first kappa shape index (κ1) is 22.1. The number of hydrogen-bond donors (Lipinski definition) is 0. The van der Waals surface area contributed by atoms with Crippen LogP contribution in [0.4, 0.5) is 32.2 Å². The molecule has 2 aromatic carbocycles. The van der Waals surface area contributed by atoms with Gasteiger partial charge in [0.05, 0.1) is 22.0 Å². The van der Waals surface area contributed by atoms with E-state index >= 15 is 0 Å². The number of halogens is 7. The van der Waals surface area contributed by atoms with Gasteiger partial charge >= 0.3 is 56.2 Å². The second kappa shape index (κ2) is 7.02. The van der Waals surface area contributed by atoms with E-state index in [-0.39, 0.29) is 11.4 Å². The van der Waals surface area contributed by atoms with Gasteiger partial charge in [-0.05, 0) is 12.1 Å². The van der Waals surface area contributed by atoms with Crippen molar-refractivity contribution in [1.29, 1.82) is 0 Å². The minimum atomic E-state index is -11.1. The molecule has 0 saturated carbocycles. The molecule has 0 aliphatic rings. The average molecular weight is 560 g/mol. The minimum absolute atomic E-state index is 0.0441. The molecule has 0 N–H and O–H groups in total. The fourth-order valence-electron chi connectivity index (χ4n) is 1.42. The second-order valence-electron chi connectivity index (χ2n) is 4.53. The van der Waals surface area contributed by atoms with Crippen LogP contribution in [0.1, 0.15) is 0 Å².